The standard InChI is InChI=1S/C22H27NO3/c1-23(15-12-17-10-11-19(25-2)20(16-17)26-3)21(24)22(13-7-14-22)18-8-5-4-6-9-18/h4-6,8-11,16H,7,12-15H2,1-3H3. The van der Waals surface area contributed by atoms with E-state index in [1.807, 2.05) is 48.3 Å². The van der Waals surface area contributed by atoms with Gasteiger partial charge < -0.3 is 14.4 Å². The van der Waals surface area contributed by atoms with E-state index in [0.717, 1.165) is 48.3 Å². The second-order valence-corrected chi connectivity index (χ2v) is 6.97. The van der Waals surface area contributed by atoms with Gasteiger partial charge >= 0.3 is 0 Å². The molecule has 0 saturated heterocycles. The quantitative estimate of drug-likeness (QED) is 0.759. The lowest BCUT2D eigenvalue weighted by molar-refractivity contribution is -0.139. The van der Waals surface area contributed by atoms with Gasteiger partial charge in [-0.05, 0) is 42.5 Å². The second-order valence-electron chi connectivity index (χ2n) is 6.97. The number of nitrogens with zero attached hydrogens (tertiary/aromatic N) is 1. The maximum Gasteiger partial charge on any atom is 0.232 e. The molecule has 2 aromatic rings. The van der Waals surface area contributed by atoms with Gasteiger partial charge in [-0.1, -0.05) is 42.8 Å². The first-order chi connectivity index (χ1) is 12.6. The molecule has 4 nitrogen and oxygen atoms in total. The van der Waals surface area contributed by atoms with E-state index in [-0.39, 0.29) is 11.3 Å². The number of hydrogen-bond donors (Lipinski definition) is 0. The fourth-order valence-electron chi connectivity index (χ4n) is 3.71. The van der Waals surface area contributed by atoms with Crippen molar-refractivity contribution in [1.29, 1.82) is 0 Å². The van der Waals surface area contributed by atoms with Crippen LogP contribution in [0.25, 0.3) is 0 Å². The molecule has 26 heavy (non-hydrogen) atoms. The molecule has 0 unspecified atom stereocenters. The highest BCUT2D eigenvalue weighted by molar-refractivity contribution is 5.89. The van der Waals surface area contributed by atoms with Crippen LogP contribution >= 0.6 is 0 Å². The monoisotopic (exact) mass is 353 g/mol. The third-order valence-electron chi connectivity index (χ3n) is 5.47. The highest BCUT2D eigenvalue weighted by Crippen LogP contribution is 2.45. The number of likely N-dealkylation sites (N-methyl/N-ethyl adjacent to an activating group) is 1. The Balaban J connectivity index is 1.68. The minimum Gasteiger partial charge on any atom is -0.493 e. The molecule has 138 valence electrons. The van der Waals surface area contributed by atoms with Crippen molar-refractivity contribution in [2.24, 2.45) is 0 Å². The highest BCUT2D eigenvalue weighted by atomic mass is 16.5. The molecule has 1 fully saturated rings. The summed E-state index contributed by atoms with van der Waals surface area (Å²) >= 11 is 0. The summed E-state index contributed by atoms with van der Waals surface area (Å²) in [4.78, 5) is 15.1. The van der Waals surface area contributed by atoms with Crippen LogP contribution in [0.1, 0.15) is 30.4 Å². The molecule has 1 aliphatic carbocycles. The number of benzene rings is 2. The zero-order valence-electron chi connectivity index (χ0n) is 15.8. The Morgan fingerprint density at radius 3 is 2.31 bits per heavy atom. The van der Waals surface area contributed by atoms with Crippen molar-refractivity contribution in [2.45, 2.75) is 31.1 Å². The van der Waals surface area contributed by atoms with E-state index in [2.05, 4.69) is 12.1 Å². The van der Waals surface area contributed by atoms with Crippen LogP contribution in [0.15, 0.2) is 48.5 Å². The Bertz CT molecular complexity index is 753. The van der Waals surface area contributed by atoms with E-state index < -0.39 is 0 Å². The summed E-state index contributed by atoms with van der Waals surface area (Å²) in [5, 5.41) is 0. The van der Waals surface area contributed by atoms with Crippen LogP contribution in [-0.4, -0.2) is 38.6 Å². The Hall–Kier alpha value is -2.49. The van der Waals surface area contributed by atoms with Gasteiger partial charge in [-0.25, -0.2) is 0 Å². The summed E-state index contributed by atoms with van der Waals surface area (Å²) in [5.41, 5.74) is 1.95. The van der Waals surface area contributed by atoms with Crippen molar-refractivity contribution < 1.29 is 14.3 Å². The van der Waals surface area contributed by atoms with E-state index in [1.54, 1.807) is 14.2 Å². The van der Waals surface area contributed by atoms with Gasteiger partial charge in [0.1, 0.15) is 0 Å². The SMILES string of the molecule is COc1ccc(CCN(C)C(=O)C2(c3ccccc3)CCC2)cc1OC. The van der Waals surface area contributed by atoms with Crippen molar-refractivity contribution in [3.8, 4) is 11.5 Å². The molecule has 1 saturated carbocycles. The number of methoxy groups -OCH3 is 2. The maximum absolute atomic E-state index is 13.2. The van der Waals surface area contributed by atoms with Crippen LogP contribution in [0.2, 0.25) is 0 Å². The van der Waals surface area contributed by atoms with E-state index in [4.69, 9.17) is 9.47 Å². The lowest BCUT2D eigenvalue weighted by atomic mass is 9.63. The number of rotatable bonds is 7. The molecule has 0 bridgehead atoms. The normalized spacial score (nSPS) is 15.0. The fraction of sp³-hybridized carbons (Fsp3) is 0.409. The first kappa shape index (κ1) is 18.3. The van der Waals surface area contributed by atoms with E-state index in [1.165, 1.54) is 0 Å². The highest BCUT2D eigenvalue weighted by Gasteiger charge is 2.46. The van der Waals surface area contributed by atoms with Gasteiger partial charge in [-0.15, -0.1) is 0 Å². The van der Waals surface area contributed by atoms with Gasteiger partial charge in [0, 0.05) is 13.6 Å². The molecular formula is C22H27NO3. The van der Waals surface area contributed by atoms with Crippen LogP contribution in [0, 0.1) is 0 Å². The average molecular weight is 353 g/mol. The van der Waals surface area contributed by atoms with Crippen LogP contribution in [0.5, 0.6) is 11.5 Å². The molecule has 4 heteroatoms. The molecule has 1 amide bonds. The zero-order chi connectivity index (χ0) is 18.6. The molecule has 2 aromatic carbocycles. The summed E-state index contributed by atoms with van der Waals surface area (Å²) in [6, 6.07) is 16.1. The van der Waals surface area contributed by atoms with E-state index in [0.29, 0.717) is 6.54 Å². The molecule has 0 aliphatic heterocycles. The Labute approximate surface area is 155 Å². The largest absolute Gasteiger partial charge is 0.493 e. The number of carbonyl (C=O) groups is 1. The van der Waals surface area contributed by atoms with Crippen molar-refractivity contribution in [3.63, 3.8) is 0 Å². The lowest BCUT2D eigenvalue weighted by Crippen LogP contribution is -2.50. The molecule has 1 aliphatic rings. The molecule has 0 radical (unpaired) electrons. The first-order valence-electron chi connectivity index (χ1n) is 9.13. The fourth-order valence-corrected chi connectivity index (χ4v) is 3.71. The van der Waals surface area contributed by atoms with Crippen LogP contribution in [0.4, 0.5) is 0 Å². The van der Waals surface area contributed by atoms with Crippen molar-refractivity contribution in [1.82, 2.24) is 4.90 Å². The lowest BCUT2D eigenvalue weighted by Gasteiger charge is -2.43. The maximum atomic E-state index is 13.2. The van der Waals surface area contributed by atoms with E-state index >= 15 is 0 Å². The first-order valence-corrected chi connectivity index (χ1v) is 9.13. The molecule has 0 atom stereocenters. The molecule has 0 heterocycles. The van der Waals surface area contributed by atoms with Crippen molar-refractivity contribution in [3.05, 3.63) is 59.7 Å². The average Bonchev–Trinajstić information content (AvgIpc) is 2.65. The molecule has 0 N–H and O–H groups in total. The van der Waals surface area contributed by atoms with Gasteiger partial charge in [-0.3, -0.25) is 4.79 Å². The van der Waals surface area contributed by atoms with Gasteiger partial charge in [0.05, 0.1) is 19.6 Å². The van der Waals surface area contributed by atoms with Crippen molar-refractivity contribution in [2.75, 3.05) is 27.8 Å². The third-order valence-corrected chi connectivity index (χ3v) is 5.47. The molecule has 3 rings (SSSR count). The number of amides is 1. The summed E-state index contributed by atoms with van der Waals surface area (Å²) in [6.45, 7) is 0.683. The van der Waals surface area contributed by atoms with Crippen LogP contribution in [-0.2, 0) is 16.6 Å². The minimum absolute atomic E-state index is 0.232. The molecule has 0 aromatic heterocycles. The Morgan fingerprint density at radius 2 is 1.73 bits per heavy atom. The smallest absolute Gasteiger partial charge is 0.232 e. The second kappa shape index (κ2) is 7.81. The minimum atomic E-state index is -0.326. The number of hydrogen-bond acceptors (Lipinski definition) is 3. The third kappa shape index (κ3) is 3.41. The Morgan fingerprint density at radius 1 is 1.04 bits per heavy atom. The predicted molar refractivity (Wildman–Crippen MR) is 103 cm³/mol. The van der Waals surface area contributed by atoms with Crippen LogP contribution < -0.4 is 9.47 Å². The van der Waals surface area contributed by atoms with Gasteiger partial charge in [0.25, 0.3) is 0 Å². The number of carbonyl (C=O) groups excluding carboxylic acids is 1. The number of ether oxygens (including phenoxy) is 2. The Kier molecular flexibility index (Phi) is 5.50. The van der Waals surface area contributed by atoms with E-state index in [9.17, 15) is 4.79 Å². The predicted octanol–water partition coefficient (Wildman–Crippen LogP) is 3.83. The van der Waals surface area contributed by atoms with Gasteiger partial charge in [0.2, 0.25) is 5.91 Å². The van der Waals surface area contributed by atoms with Crippen LogP contribution in [0.3, 0.4) is 0 Å². The van der Waals surface area contributed by atoms with Gasteiger partial charge in [0.15, 0.2) is 11.5 Å². The summed E-state index contributed by atoms with van der Waals surface area (Å²) in [6.07, 6.45) is 3.78. The molecular weight excluding hydrogens is 326 g/mol. The van der Waals surface area contributed by atoms with Crippen molar-refractivity contribution >= 4 is 5.91 Å². The summed E-state index contributed by atoms with van der Waals surface area (Å²) in [7, 11) is 5.18. The van der Waals surface area contributed by atoms with Gasteiger partial charge in [-0.2, -0.15) is 0 Å². The zero-order valence-corrected chi connectivity index (χ0v) is 15.8. The summed E-state index contributed by atoms with van der Waals surface area (Å²) in [5.74, 6) is 1.67. The molecule has 0 spiro atoms. The topological polar surface area (TPSA) is 38.8 Å². The summed E-state index contributed by atoms with van der Waals surface area (Å²) < 4.78 is 10.6.